The lowest BCUT2D eigenvalue weighted by Crippen LogP contribution is -2.14. The van der Waals surface area contributed by atoms with Gasteiger partial charge in [0.1, 0.15) is 24.8 Å². The number of benzene rings is 2. The van der Waals surface area contributed by atoms with E-state index in [9.17, 15) is 9.18 Å². The third kappa shape index (κ3) is 5.19. The molecule has 0 aliphatic heterocycles. The van der Waals surface area contributed by atoms with Gasteiger partial charge in [0, 0.05) is 4.47 Å². The van der Waals surface area contributed by atoms with Crippen LogP contribution in [-0.4, -0.2) is 19.2 Å². The first-order valence-electron chi connectivity index (χ1n) is 6.42. The number of halogens is 2. The Balaban J connectivity index is 1.71. The second kappa shape index (κ2) is 7.78. The highest BCUT2D eigenvalue weighted by Gasteiger charge is 2.08. The van der Waals surface area contributed by atoms with E-state index in [1.54, 1.807) is 18.2 Å². The van der Waals surface area contributed by atoms with Gasteiger partial charge in [0.2, 0.25) is 0 Å². The highest BCUT2D eigenvalue weighted by molar-refractivity contribution is 9.10. The van der Waals surface area contributed by atoms with Crippen molar-refractivity contribution in [1.82, 2.24) is 0 Å². The first kappa shape index (κ1) is 15.5. The van der Waals surface area contributed by atoms with Crippen LogP contribution in [0.1, 0.15) is 5.56 Å². The summed E-state index contributed by atoms with van der Waals surface area (Å²) in [6, 6.07) is 13.5. The van der Waals surface area contributed by atoms with Gasteiger partial charge in [-0.2, -0.15) is 0 Å². The Kier molecular flexibility index (Phi) is 5.75. The van der Waals surface area contributed by atoms with E-state index >= 15 is 0 Å². The van der Waals surface area contributed by atoms with Crippen molar-refractivity contribution in [1.29, 1.82) is 0 Å². The zero-order chi connectivity index (χ0) is 15.1. The van der Waals surface area contributed by atoms with Gasteiger partial charge in [-0.15, -0.1) is 0 Å². The molecule has 2 rings (SSSR count). The van der Waals surface area contributed by atoms with Crippen molar-refractivity contribution in [2.45, 2.75) is 6.42 Å². The van der Waals surface area contributed by atoms with Gasteiger partial charge < -0.3 is 9.47 Å². The van der Waals surface area contributed by atoms with Crippen LogP contribution >= 0.6 is 15.9 Å². The van der Waals surface area contributed by atoms with Crippen LogP contribution in [0.15, 0.2) is 53.0 Å². The zero-order valence-electron chi connectivity index (χ0n) is 11.2. The van der Waals surface area contributed by atoms with Crippen LogP contribution in [0, 0.1) is 5.82 Å². The maximum atomic E-state index is 13.4. The quantitative estimate of drug-likeness (QED) is 0.586. The highest BCUT2D eigenvalue weighted by atomic mass is 79.9. The molecule has 3 nitrogen and oxygen atoms in total. The molecule has 21 heavy (non-hydrogen) atoms. The summed E-state index contributed by atoms with van der Waals surface area (Å²) >= 11 is 3.34. The van der Waals surface area contributed by atoms with Crippen LogP contribution in [0.25, 0.3) is 0 Å². The SMILES string of the molecule is O=C(Cc1ccccc1F)OCCOc1cccc(Br)c1. The summed E-state index contributed by atoms with van der Waals surface area (Å²) in [6.07, 6.45) is -0.0798. The Morgan fingerprint density at radius 3 is 2.67 bits per heavy atom. The molecule has 0 radical (unpaired) electrons. The summed E-state index contributed by atoms with van der Waals surface area (Å²) < 4.78 is 24.7. The van der Waals surface area contributed by atoms with Gasteiger partial charge >= 0.3 is 5.97 Å². The Morgan fingerprint density at radius 2 is 1.90 bits per heavy atom. The first-order chi connectivity index (χ1) is 10.1. The third-order valence-corrected chi connectivity index (χ3v) is 3.20. The lowest BCUT2D eigenvalue weighted by molar-refractivity contribution is -0.143. The summed E-state index contributed by atoms with van der Waals surface area (Å²) in [4.78, 5) is 11.6. The fourth-order valence-electron chi connectivity index (χ4n) is 1.72. The molecule has 0 aliphatic rings. The number of esters is 1. The summed E-state index contributed by atoms with van der Waals surface area (Å²) in [5.74, 6) is -0.188. The molecule has 5 heteroatoms. The Labute approximate surface area is 130 Å². The highest BCUT2D eigenvalue weighted by Crippen LogP contribution is 2.17. The summed E-state index contributed by atoms with van der Waals surface area (Å²) in [5, 5.41) is 0. The van der Waals surface area contributed by atoms with Crippen molar-refractivity contribution in [3.63, 3.8) is 0 Å². The molecule has 2 aromatic rings. The topological polar surface area (TPSA) is 35.5 Å². The van der Waals surface area contributed by atoms with E-state index in [4.69, 9.17) is 9.47 Å². The van der Waals surface area contributed by atoms with Gasteiger partial charge in [-0.3, -0.25) is 4.79 Å². The Morgan fingerprint density at radius 1 is 1.10 bits per heavy atom. The van der Waals surface area contributed by atoms with Crippen LogP contribution in [0.4, 0.5) is 4.39 Å². The molecule has 0 saturated carbocycles. The summed E-state index contributed by atoms with van der Waals surface area (Å²) in [5.41, 5.74) is 0.329. The van der Waals surface area contributed by atoms with Crippen molar-refractivity contribution < 1.29 is 18.7 Å². The first-order valence-corrected chi connectivity index (χ1v) is 7.22. The Hall–Kier alpha value is -1.88. The number of ether oxygens (including phenoxy) is 2. The molecule has 0 heterocycles. The van der Waals surface area contributed by atoms with Crippen molar-refractivity contribution in [3.05, 3.63) is 64.4 Å². The lowest BCUT2D eigenvalue weighted by Gasteiger charge is -2.08. The van der Waals surface area contributed by atoms with E-state index < -0.39 is 11.8 Å². The second-order valence-electron chi connectivity index (χ2n) is 4.29. The molecular formula is C16H14BrFO3. The minimum atomic E-state index is -0.474. The van der Waals surface area contributed by atoms with Crippen LogP contribution in [0.3, 0.4) is 0 Å². The van der Waals surface area contributed by atoms with Crippen LogP contribution < -0.4 is 4.74 Å². The van der Waals surface area contributed by atoms with Crippen molar-refractivity contribution in [3.8, 4) is 5.75 Å². The van der Waals surface area contributed by atoms with E-state index in [-0.39, 0.29) is 19.6 Å². The third-order valence-electron chi connectivity index (χ3n) is 2.70. The van der Waals surface area contributed by atoms with E-state index in [0.29, 0.717) is 11.3 Å². The Bertz CT molecular complexity index is 616. The minimum absolute atomic E-state index is 0.0798. The average Bonchev–Trinajstić information content (AvgIpc) is 2.46. The predicted octanol–water partition coefficient (Wildman–Crippen LogP) is 3.75. The normalized spacial score (nSPS) is 10.2. The molecule has 0 fully saturated rings. The van der Waals surface area contributed by atoms with Gasteiger partial charge in [-0.25, -0.2) is 4.39 Å². The van der Waals surface area contributed by atoms with Gasteiger partial charge in [-0.05, 0) is 29.8 Å². The van der Waals surface area contributed by atoms with E-state index in [1.165, 1.54) is 6.07 Å². The smallest absolute Gasteiger partial charge is 0.310 e. The summed E-state index contributed by atoms with van der Waals surface area (Å²) in [7, 11) is 0. The monoisotopic (exact) mass is 352 g/mol. The molecular weight excluding hydrogens is 339 g/mol. The number of hydrogen-bond acceptors (Lipinski definition) is 3. The predicted molar refractivity (Wildman–Crippen MR) is 80.7 cm³/mol. The van der Waals surface area contributed by atoms with Crippen molar-refractivity contribution >= 4 is 21.9 Å². The van der Waals surface area contributed by atoms with Gasteiger partial charge in [0.25, 0.3) is 0 Å². The lowest BCUT2D eigenvalue weighted by atomic mass is 10.1. The van der Waals surface area contributed by atoms with Crippen LogP contribution in [0.2, 0.25) is 0 Å². The van der Waals surface area contributed by atoms with Gasteiger partial charge in [0.15, 0.2) is 0 Å². The molecule has 0 atom stereocenters. The maximum absolute atomic E-state index is 13.4. The average molecular weight is 353 g/mol. The standard InChI is InChI=1S/C16H14BrFO3/c17-13-5-3-6-14(11-13)20-8-9-21-16(19)10-12-4-1-2-7-15(12)18/h1-7,11H,8-10H2. The van der Waals surface area contributed by atoms with Gasteiger partial charge in [0.05, 0.1) is 6.42 Å². The molecule has 0 spiro atoms. The molecule has 0 N–H and O–H groups in total. The van der Waals surface area contributed by atoms with Gasteiger partial charge in [-0.1, -0.05) is 40.2 Å². The fraction of sp³-hybridized carbons (Fsp3) is 0.188. The van der Waals surface area contributed by atoms with E-state index in [2.05, 4.69) is 15.9 Å². The molecule has 0 saturated heterocycles. The molecule has 0 unspecified atom stereocenters. The number of carbonyl (C=O) groups excluding carboxylic acids is 1. The van der Waals surface area contributed by atoms with Crippen molar-refractivity contribution in [2.24, 2.45) is 0 Å². The molecule has 0 amide bonds. The fourth-order valence-corrected chi connectivity index (χ4v) is 2.10. The number of carbonyl (C=O) groups is 1. The number of rotatable bonds is 6. The van der Waals surface area contributed by atoms with Crippen LogP contribution in [0.5, 0.6) is 5.75 Å². The molecule has 0 bridgehead atoms. The minimum Gasteiger partial charge on any atom is -0.490 e. The van der Waals surface area contributed by atoms with Crippen LogP contribution in [-0.2, 0) is 16.0 Å². The van der Waals surface area contributed by atoms with Crippen molar-refractivity contribution in [2.75, 3.05) is 13.2 Å². The summed E-state index contributed by atoms with van der Waals surface area (Å²) in [6.45, 7) is 0.374. The number of hydrogen-bond donors (Lipinski definition) is 0. The second-order valence-corrected chi connectivity index (χ2v) is 5.21. The van der Waals surface area contributed by atoms with E-state index in [0.717, 1.165) is 4.47 Å². The maximum Gasteiger partial charge on any atom is 0.310 e. The molecule has 0 aliphatic carbocycles. The molecule has 0 aromatic heterocycles. The molecule has 2 aromatic carbocycles. The zero-order valence-corrected chi connectivity index (χ0v) is 12.8. The largest absolute Gasteiger partial charge is 0.490 e. The van der Waals surface area contributed by atoms with E-state index in [1.807, 2.05) is 24.3 Å². The molecule has 110 valence electrons.